The van der Waals surface area contributed by atoms with Crippen molar-refractivity contribution in [3.8, 4) is 11.4 Å². The zero-order chi connectivity index (χ0) is 19.8. The van der Waals surface area contributed by atoms with Crippen LogP contribution >= 0.6 is 0 Å². The van der Waals surface area contributed by atoms with Crippen molar-refractivity contribution in [3.05, 3.63) is 53.4 Å². The van der Waals surface area contributed by atoms with E-state index < -0.39 is 0 Å². The second-order valence-electron chi connectivity index (χ2n) is 8.14. The fraction of sp³-hybridized carbons (Fsp3) is 0.455. The van der Waals surface area contributed by atoms with E-state index in [1.807, 2.05) is 18.6 Å². The molecule has 0 saturated carbocycles. The third-order valence-electron chi connectivity index (χ3n) is 5.79. The molecule has 1 aliphatic carbocycles. The molecule has 0 unspecified atom stereocenters. The van der Waals surface area contributed by atoms with Gasteiger partial charge in [0.15, 0.2) is 0 Å². The summed E-state index contributed by atoms with van der Waals surface area (Å²) in [5.41, 5.74) is 6.89. The monoisotopic (exact) mass is 389 g/mol. The van der Waals surface area contributed by atoms with Gasteiger partial charge in [-0.3, -0.25) is 9.67 Å². The number of aryl methyl sites for hydroxylation is 2. The first-order chi connectivity index (χ1) is 14.2. The van der Waals surface area contributed by atoms with Crippen molar-refractivity contribution in [2.24, 2.45) is 0 Å². The zero-order valence-electron chi connectivity index (χ0n) is 17.1. The van der Waals surface area contributed by atoms with E-state index >= 15 is 0 Å². The Labute approximate surface area is 171 Å². The van der Waals surface area contributed by atoms with Gasteiger partial charge in [0.25, 0.3) is 0 Å². The Balaban J connectivity index is 1.40. The maximum absolute atomic E-state index is 4.95. The molecular weight excluding hydrogens is 362 g/mol. The molecule has 0 amide bonds. The normalized spacial score (nSPS) is 16.0. The molecule has 0 spiro atoms. The molecule has 150 valence electrons. The number of fused-ring (bicyclic) bond motifs is 3. The maximum Gasteiger partial charge on any atom is 0.134 e. The highest BCUT2D eigenvalue weighted by Gasteiger charge is 2.24. The van der Waals surface area contributed by atoms with Crippen LogP contribution in [0.3, 0.4) is 0 Å². The summed E-state index contributed by atoms with van der Waals surface area (Å²) in [6, 6.07) is 4.57. The molecule has 4 heterocycles. The number of hydrogen-bond acceptors (Lipinski definition) is 6. The van der Waals surface area contributed by atoms with Crippen molar-refractivity contribution in [2.45, 2.75) is 39.2 Å². The molecule has 29 heavy (non-hydrogen) atoms. The van der Waals surface area contributed by atoms with E-state index in [9.17, 15) is 0 Å². The Bertz CT molecular complexity index is 1000. The summed E-state index contributed by atoms with van der Waals surface area (Å²) in [6.45, 7) is 8.43. The van der Waals surface area contributed by atoms with Gasteiger partial charge in [-0.25, -0.2) is 9.97 Å². The summed E-state index contributed by atoms with van der Waals surface area (Å²) in [7, 11) is 0. The maximum atomic E-state index is 4.95. The predicted molar refractivity (Wildman–Crippen MR) is 113 cm³/mol. The van der Waals surface area contributed by atoms with Gasteiger partial charge in [0.05, 0.1) is 35.9 Å². The molecular formula is C22H27N7. The Morgan fingerprint density at radius 3 is 2.59 bits per heavy atom. The average Bonchev–Trinajstić information content (AvgIpc) is 3.20. The SMILES string of the molecule is CC(C)n1ncc2c1-c1nc(Cc3ccc(N4CCNCC4)cn3)ncc1CC2. The highest BCUT2D eigenvalue weighted by atomic mass is 15.3. The van der Waals surface area contributed by atoms with Gasteiger partial charge in [0.2, 0.25) is 0 Å². The second kappa shape index (κ2) is 7.55. The lowest BCUT2D eigenvalue weighted by molar-refractivity contribution is 0.536. The van der Waals surface area contributed by atoms with E-state index in [1.165, 1.54) is 16.8 Å². The first kappa shape index (κ1) is 18.2. The molecule has 0 atom stereocenters. The number of rotatable bonds is 4. The van der Waals surface area contributed by atoms with Crippen LogP contribution in [0.15, 0.2) is 30.7 Å². The van der Waals surface area contributed by atoms with E-state index in [2.05, 4.69) is 55.9 Å². The number of nitrogens with zero attached hydrogens (tertiary/aromatic N) is 6. The van der Waals surface area contributed by atoms with Crippen LogP contribution in [0, 0.1) is 0 Å². The van der Waals surface area contributed by atoms with Crippen molar-refractivity contribution in [3.63, 3.8) is 0 Å². The van der Waals surface area contributed by atoms with Crippen molar-refractivity contribution < 1.29 is 0 Å². The molecule has 3 aromatic rings. The fourth-order valence-electron chi connectivity index (χ4n) is 4.21. The van der Waals surface area contributed by atoms with Crippen LogP contribution in [-0.4, -0.2) is 50.9 Å². The minimum atomic E-state index is 0.308. The number of pyridine rings is 1. The van der Waals surface area contributed by atoms with Gasteiger partial charge in [0, 0.05) is 49.7 Å². The quantitative estimate of drug-likeness (QED) is 0.739. The minimum absolute atomic E-state index is 0.308. The standard InChI is InChI=1S/C22H27N7/c1-15(2)29-22-17(13-26-29)4-3-16-12-25-20(27-21(16)22)11-18-5-6-19(14-24-18)28-9-7-23-8-10-28/h5-6,12-15,23H,3-4,7-11H2,1-2H3. The van der Waals surface area contributed by atoms with Gasteiger partial charge < -0.3 is 10.2 Å². The molecule has 1 aliphatic heterocycles. The van der Waals surface area contributed by atoms with Crippen LogP contribution in [0.5, 0.6) is 0 Å². The fourth-order valence-corrected chi connectivity index (χ4v) is 4.21. The number of hydrogen-bond donors (Lipinski definition) is 1. The molecule has 0 bridgehead atoms. The number of anilines is 1. The molecule has 1 N–H and O–H groups in total. The summed E-state index contributed by atoms with van der Waals surface area (Å²) in [5.74, 6) is 0.815. The van der Waals surface area contributed by atoms with Crippen LogP contribution in [0.25, 0.3) is 11.4 Å². The van der Waals surface area contributed by atoms with Crippen LogP contribution in [0.1, 0.15) is 42.5 Å². The van der Waals surface area contributed by atoms with Crippen molar-refractivity contribution in [2.75, 3.05) is 31.1 Å². The van der Waals surface area contributed by atoms with Gasteiger partial charge in [-0.1, -0.05) is 0 Å². The molecule has 3 aromatic heterocycles. The van der Waals surface area contributed by atoms with Gasteiger partial charge in [-0.05, 0) is 44.4 Å². The smallest absolute Gasteiger partial charge is 0.134 e. The van der Waals surface area contributed by atoms with Crippen LogP contribution in [0.2, 0.25) is 0 Å². The molecule has 0 aromatic carbocycles. The molecule has 1 saturated heterocycles. The third-order valence-corrected chi connectivity index (χ3v) is 5.79. The molecule has 5 rings (SSSR count). The highest BCUT2D eigenvalue weighted by Crippen LogP contribution is 2.33. The van der Waals surface area contributed by atoms with Crippen molar-refractivity contribution in [1.82, 2.24) is 30.0 Å². The first-order valence-corrected chi connectivity index (χ1v) is 10.5. The first-order valence-electron chi connectivity index (χ1n) is 10.5. The largest absolute Gasteiger partial charge is 0.368 e. The topological polar surface area (TPSA) is 71.8 Å². The summed E-state index contributed by atoms with van der Waals surface area (Å²) in [6.07, 6.45) is 8.59. The Kier molecular flexibility index (Phi) is 4.75. The summed E-state index contributed by atoms with van der Waals surface area (Å²) in [5, 5.41) is 7.98. The zero-order valence-corrected chi connectivity index (χ0v) is 17.1. The van der Waals surface area contributed by atoms with Gasteiger partial charge >= 0.3 is 0 Å². The summed E-state index contributed by atoms with van der Waals surface area (Å²) >= 11 is 0. The van der Waals surface area contributed by atoms with Gasteiger partial charge in [0.1, 0.15) is 5.82 Å². The lowest BCUT2D eigenvalue weighted by atomic mass is 9.95. The number of aromatic nitrogens is 5. The predicted octanol–water partition coefficient (Wildman–Crippen LogP) is 2.42. The van der Waals surface area contributed by atoms with E-state index in [0.29, 0.717) is 12.5 Å². The van der Waals surface area contributed by atoms with Gasteiger partial charge in [-0.2, -0.15) is 5.10 Å². The third kappa shape index (κ3) is 3.51. The lowest BCUT2D eigenvalue weighted by Gasteiger charge is -2.29. The summed E-state index contributed by atoms with van der Waals surface area (Å²) < 4.78 is 2.09. The molecule has 7 nitrogen and oxygen atoms in total. The Hall–Kier alpha value is -2.80. The highest BCUT2D eigenvalue weighted by molar-refractivity contribution is 5.65. The minimum Gasteiger partial charge on any atom is -0.368 e. The van der Waals surface area contributed by atoms with Crippen LogP contribution in [0.4, 0.5) is 5.69 Å². The summed E-state index contributed by atoms with van der Waals surface area (Å²) in [4.78, 5) is 16.6. The van der Waals surface area contributed by atoms with E-state index in [1.54, 1.807) is 0 Å². The van der Waals surface area contributed by atoms with Crippen molar-refractivity contribution >= 4 is 5.69 Å². The molecule has 1 fully saturated rings. The lowest BCUT2D eigenvalue weighted by Crippen LogP contribution is -2.43. The van der Waals surface area contributed by atoms with Gasteiger partial charge in [-0.15, -0.1) is 0 Å². The van der Waals surface area contributed by atoms with E-state index in [4.69, 9.17) is 4.98 Å². The van der Waals surface area contributed by atoms with Crippen LogP contribution < -0.4 is 10.2 Å². The van der Waals surface area contributed by atoms with E-state index in [0.717, 1.165) is 61.9 Å². The number of nitrogens with one attached hydrogen (secondary N) is 1. The molecule has 0 radical (unpaired) electrons. The average molecular weight is 390 g/mol. The number of piperazine rings is 1. The van der Waals surface area contributed by atoms with Crippen LogP contribution in [-0.2, 0) is 19.3 Å². The Morgan fingerprint density at radius 2 is 1.83 bits per heavy atom. The molecule has 2 aliphatic rings. The van der Waals surface area contributed by atoms with Crippen molar-refractivity contribution in [1.29, 1.82) is 0 Å². The second-order valence-corrected chi connectivity index (χ2v) is 8.14. The Morgan fingerprint density at radius 1 is 1.00 bits per heavy atom. The van der Waals surface area contributed by atoms with E-state index in [-0.39, 0.29) is 0 Å². The molecule has 7 heteroatoms.